The number of ether oxygens (including phenoxy) is 1. The molecule has 1 aromatic carbocycles. The van der Waals surface area contributed by atoms with Crippen molar-refractivity contribution in [2.24, 2.45) is 0 Å². The maximum Gasteiger partial charge on any atom is 0.256 e. The molecule has 0 unspecified atom stereocenters. The van der Waals surface area contributed by atoms with Gasteiger partial charge in [0.25, 0.3) is 11.8 Å². The zero-order valence-electron chi connectivity index (χ0n) is 18.4. The average molecular weight is 430 g/mol. The fourth-order valence-electron chi connectivity index (χ4n) is 4.82. The number of aromatic amines is 1. The summed E-state index contributed by atoms with van der Waals surface area (Å²) in [7, 11) is 5.93. The molecule has 2 radical (unpaired) electrons. The number of hydrogen-bond donors (Lipinski definition) is 2. The van der Waals surface area contributed by atoms with Crippen LogP contribution in [0.4, 0.5) is 5.69 Å². The Morgan fingerprint density at radius 1 is 1.16 bits per heavy atom. The van der Waals surface area contributed by atoms with Gasteiger partial charge in [0.05, 0.1) is 24.4 Å². The number of benzene rings is 1. The van der Waals surface area contributed by atoms with Gasteiger partial charge in [-0.05, 0) is 31.1 Å². The number of carbonyl (C=O) groups excluding carboxylic acids is 2. The smallest absolute Gasteiger partial charge is 0.256 e. The van der Waals surface area contributed by atoms with Crippen LogP contribution in [-0.2, 0) is 16.0 Å². The summed E-state index contributed by atoms with van der Waals surface area (Å²) in [6, 6.07) is 5.39. The topological polar surface area (TPSA) is 77.7 Å². The van der Waals surface area contributed by atoms with Crippen molar-refractivity contribution in [3.63, 3.8) is 0 Å². The summed E-state index contributed by atoms with van der Waals surface area (Å²) in [6.45, 7) is 7.93. The van der Waals surface area contributed by atoms with Crippen LogP contribution < -0.4 is 10.8 Å². The summed E-state index contributed by atoms with van der Waals surface area (Å²) in [4.78, 5) is 33.5. The molecule has 0 atom stereocenters. The summed E-state index contributed by atoms with van der Waals surface area (Å²) in [5.74, 6) is -0.0826. The molecule has 2 N–H and O–H groups in total. The highest BCUT2D eigenvalue weighted by Crippen LogP contribution is 2.34. The van der Waals surface area contributed by atoms with E-state index in [1.165, 1.54) is 0 Å². The van der Waals surface area contributed by atoms with E-state index in [2.05, 4.69) is 15.2 Å². The van der Waals surface area contributed by atoms with E-state index in [0.717, 1.165) is 86.0 Å². The van der Waals surface area contributed by atoms with Crippen LogP contribution in [0.2, 0.25) is 0 Å². The predicted octanol–water partition coefficient (Wildman–Crippen LogP) is 1.33. The van der Waals surface area contributed by atoms with Crippen LogP contribution >= 0.6 is 0 Å². The molecular formula is C24H27BN4O3. The lowest BCUT2D eigenvalue weighted by atomic mass is 9.92. The summed E-state index contributed by atoms with van der Waals surface area (Å²) in [6.07, 6.45) is 3.59. The predicted molar refractivity (Wildman–Crippen MR) is 125 cm³/mol. The molecule has 1 aromatic heterocycles. The molecular weight excluding hydrogens is 403 g/mol. The highest BCUT2D eigenvalue weighted by Gasteiger charge is 2.30. The minimum Gasteiger partial charge on any atom is -0.379 e. The molecule has 32 heavy (non-hydrogen) atoms. The lowest BCUT2D eigenvalue weighted by Gasteiger charge is -2.30. The third-order valence-electron chi connectivity index (χ3n) is 6.62. The molecule has 164 valence electrons. The lowest BCUT2D eigenvalue weighted by Crippen LogP contribution is -2.41. The van der Waals surface area contributed by atoms with Gasteiger partial charge < -0.3 is 19.9 Å². The third-order valence-corrected chi connectivity index (χ3v) is 6.62. The first-order chi connectivity index (χ1) is 15.5. The Labute approximate surface area is 189 Å². The Kier molecular flexibility index (Phi) is 5.65. The molecule has 0 bridgehead atoms. The molecule has 2 aromatic rings. The van der Waals surface area contributed by atoms with E-state index in [1.54, 1.807) is 12.1 Å². The normalized spacial score (nSPS) is 19.9. The van der Waals surface area contributed by atoms with Crippen LogP contribution in [0.1, 0.15) is 39.3 Å². The van der Waals surface area contributed by atoms with Crippen molar-refractivity contribution < 1.29 is 14.3 Å². The van der Waals surface area contributed by atoms with Gasteiger partial charge in [-0.3, -0.25) is 14.5 Å². The van der Waals surface area contributed by atoms with E-state index < -0.39 is 0 Å². The Balaban J connectivity index is 1.33. The molecule has 4 heterocycles. The maximum absolute atomic E-state index is 13.2. The second-order valence-electron chi connectivity index (χ2n) is 8.68. The number of aromatic nitrogens is 1. The van der Waals surface area contributed by atoms with Crippen LogP contribution in [0.15, 0.2) is 18.2 Å². The summed E-state index contributed by atoms with van der Waals surface area (Å²) < 4.78 is 5.40. The number of amides is 2. The molecule has 3 aliphatic rings. The van der Waals surface area contributed by atoms with Gasteiger partial charge in [-0.15, -0.1) is 0 Å². The Morgan fingerprint density at radius 3 is 2.78 bits per heavy atom. The summed E-state index contributed by atoms with van der Waals surface area (Å²) in [5, 5.41) is 2.88. The van der Waals surface area contributed by atoms with Gasteiger partial charge in [-0.1, -0.05) is 17.6 Å². The minimum absolute atomic E-state index is 0.0761. The highest BCUT2D eigenvalue weighted by atomic mass is 16.5. The Morgan fingerprint density at radius 2 is 1.97 bits per heavy atom. The van der Waals surface area contributed by atoms with E-state index in [-0.39, 0.29) is 11.8 Å². The number of fused-ring (bicyclic) bond motifs is 2. The number of morpholine rings is 1. The quantitative estimate of drug-likeness (QED) is 0.555. The van der Waals surface area contributed by atoms with Crippen molar-refractivity contribution in [3.05, 3.63) is 46.3 Å². The van der Waals surface area contributed by atoms with Gasteiger partial charge in [0.15, 0.2) is 0 Å². The lowest BCUT2D eigenvalue weighted by molar-refractivity contribution is -0.110. The van der Waals surface area contributed by atoms with Crippen molar-refractivity contribution in [3.8, 4) is 0 Å². The van der Waals surface area contributed by atoms with Crippen molar-refractivity contribution >= 4 is 42.5 Å². The Bertz CT molecular complexity index is 1100. The number of anilines is 1. The van der Waals surface area contributed by atoms with Gasteiger partial charge in [0, 0.05) is 61.8 Å². The van der Waals surface area contributed by atoms with Crippen LogP contribution in [0.5, 0.6) is 0 Å². The molecule has 1 saturated heterocycles. The number of nitrogens with zero attached hydrogens (tertiary/aromatic N) is 2. The SMILES string of the molecule is [B]c1ccc2c(c1)/C(=C/c1[nH]c3c(c1C)C(=O)N(CCCN1CCOCC1)CC3)C(=O)N2. The average Bonchev–Trinajstić information content (AvgIpc) is 3.27. The first-order valence-electron chi connectivity index (χ1n) is 11.2. The van der Waals surface area contributed by atoms with Crippen molar-refractivity contribution in [1.82, 2.24) is 14.8 Å². The molecule has 1 fully saturated rings. The fourth-order valence-corrected chi connectivity index (χ4v) is 4.82. The molecule has 0 aliphatic carbocycles. The van der Waals surface area contributed by atoms with E-state index >= 15 is 0 Å². The van der Waals surface area contributed by atoms with Gasteiger partial charge in [-0.2, -0.15) is 0 Å². The summed E-state index contributed by atoms with van der Waals surface area (Å²) >= 11 is 0. The van der Waals surface area contributed by atoms with Gasteiger partial charge in [0.2, 0.25) is 0 Å². The number of nitrogens with one attached hydrogen (secondary N) is 2. The van der Waals surface area contributed by atoms with Gasteiger partial charge >= 0.3 is 0 Å². The van der Waals surface area contributed by atoms with Crippen LogP contribution in [0.25, 0.3) is 11.6 Å². The van der Waals surface area contributed by atoms with Crippen LogP contribution in [0, 0.1) is 6.92 Å². The zero-order valence-corrected chi connectivity index (χ0v) is 18.4. The first kappa shape index (κ1) is 21.0. The molecule has 3 aliphatic heterocycles. The van der Waals surface area contributed by atoms with E-state index in [0.29, 0.717) is 17.6 Å². The number of hydrogen-bond acceptors (Lipinski definition) is 4. The fraction of sp³-hybridized carbons (Fsp3) is 0.417. The van der Waals surface area contributed by atoms with Gasteiger partial charge in [-0.25, -0.2) is 0 Å². The second kappa shape index (κ2) is 8.60. The van der Waals surface area contributed by atoms with E-state index in [4.69, 9.17) is 12.6 Å². The van der Waals surface area contributed by atoms with Gasteiger partial charge in [0.1, 0.15) is 7.85 Å². The molecule has 8 heteroatoms. The second-order valence-corrected chi connectivity index (χ2v) is 8.68. The number of carbonyl (C=O) groups is 2. The first-order valence-corrected chi connectivity index (χ1v) is 11.2. The molecule has 5 rings (SSSR count). The maximum atomic E-state index is 13.2. The van der Waals surface area contributed by atoms with Crippen LogP contribution in [-0.4, -0.2) is 80.4 Å². The Hall–Kier alpha value is -2.84. The largest absolute Gasteiger partial charge is 0.379 e. The molecule has 0 spiro atoms. The van der Waals surface area contributed by atoms with E-state index in [9.17, 15) is 9.59 Å². The van der Waals surface area contributed by atoms with Crippen molar-refractivity contribution in [2.75, 3.05) is 51.3 Å². The van der Waals surface area contributed by atoms with Crippen LogP contribution in [0.3, 0.4) is 0 Å². The zero-order chi connectivity index (χ0) is 22.2. The van der Waals surface area contributed by atoms with Crippen molar-refractivity contribution in [1.29, 1.82) is 0 Å². The van der Waals surface area contributed by atoms with Crippen molar-refractivity contribution in [2.45, 2.75) is 19.8 Å². The summed E-state index contributed by atoms with van der Waals surface area (Å²) in [5.41, 5.74) is 6.11. The third kappa shape index (κ3) is 3.89. The standard InChI is InChI=1S/C24H27BN4O3/c1-15-21(14-18-17-13-16(25)3-4-19(17)27-23(18)30)26-20-5-8-29(24(31)22(15)20)7-2-6-28-9-11-32-12-10-28/h3-4,13-14,26H,2,5-12H2,1H3,(H,27,30)/b18-14-. The van der Waals surface area contributed by atoms with E-state index in [1.807, 2.05) is 24.0 Å². The molecule has 2 amide bonds. The number of rotatable bonds is 5. The highest BCUT2D eigenvalue weighted by molar-refractivity contribution is 6.37. The number of H-pyrrole nitrogens is 1. The molecule has 7 nitrogen and oxygen atoms in total. The molecule has 0 saturated carbocycles. The monoisotopic (exact) mass is 430 g/mol. The minimum atomic E-state index is -0.159.